The molecule has 7 nitrogen and oxygen atoms in total. The fraction of sp³-hybridized carbons (Fsp3) is 0.520. The molecule has 0 unspecified atom stereocenters. The maximum absolute atomic E-state index is 13.2. The second-order valence-corrected chi connectivity index (χ2v) is 10.1. The third-order valence-corrected chi connectivity index (χ3v) is 7.71. The van der Waals surface area contributed by atoms with Crippen LogP contribution in [-0.2, 0) is 24.3 Å². The van der Waals surface area contributed by atoms with Gasteiger partial charge in [-0.2, -0.15) is 5.10 Å². The second-order valence-electron chi connectivity index (χ2n) is 10.1. The predicted molar refractivity (Wildman–Crippen MR) is 121 cm³/mol. The minimum Gasteiger partial charge on any atom is -0.342 e. The second kappa shape index (κ2) is 8.08. The zero-order chi connectivity index (χ0) is 23.2. The SMILES string of the molecule is C[C@]1(C(=O)N2CCC3(CC2)Cc2nn(Cc4ccc(F)cc4)c(=O)c(=O)n2C3)CC=CCC1. The Labute approximate surface area is 191 Å². The standard InChI is InChI=1S/C25H29FN4O3/c1-24(9-3-2-4-10-24)23(33)28-13-11-25(12-14-28)15-20-27-30(22(32)21(31)29(20)17-25)16-18-5-7-19(26)8-6-18/h2-3,5-8H,4,9-17H2,1H3/t24-/m0/s1. The highest BCUT2D eigenvalue weighted by Crippen LogP contribution is 2.42. The molecular formula is C25H29FN4O3. The van der Waals surface area contributed by atoms with Crippen LogP contribution in [0.1, 0.15) is 50.4 Å². The van der Waals surface area contributed by atoms with Crippen LogP contribution in [0.3, 0.4) is 0 Å². The molecule has 1 aliphatic carbocycles. The maximum Gasteiger partial charge on any atom is 0.332 e. The summed E-state index contributed by atoms with van der Waals surface area (Å²) < 4.78 is 15.9. The molecule has 1 atom stereocenters. The molecule has 33 heavy (non-hydrogen) atoms. The van der Waals surface area contributed by atoms with Gasteiger partial charge in [0, 0.05) is 26.1 Å². The van der Waals surface area contributed by atoms with Crippen molar-refractivity contribution in [1.29, 1.82) is 0 Å². The number of aromatic nitrogens is 3. The third kappa shape index (κ3) is 3.96. The molecule has 1 amide bonds. The van der Waals surface area contributed by atoms with Crippen molar-refractivity contribution in [3.8, 4) is 0 Å². The number of carbonyl (C=O) groups excluding carboxylic acids is 1. The van der Waals surface area contributed by atoms with Crippen LogP contribution in [0, 0.1) is 16.6 Å². The van der Waals surface area contributed by atoms with Crippen LogP contribution in [0.15, 0.2) is 46.0 Å². The molecular weight excluding hydrogens is 423 g/mol. The summed E-state index contributed by atoms with van der Waals surface area (Å²) >= 11 is 0. The summed E-state index contributed by atoms with van der Waals surface area (Å²) in [7, 11) is 0. The lowest BCUT2D eigenvalue weighted by molar-refractivity contribution is -0.144. The molecule has 1 aromatic heterocycles. The van der Waals surface area contributed by atoms with E-state index in [-0.39, 0.29) is 29.1 Å². The van der Waals surface area contributed by atoms with Gasteiger partial charge in [0.05, 0.1) is 12.0 Å². The molecule has 174 valence electrons. The van der Waals surface area contributed by atoms with Gasteiger partial charge >= 0.3 is 11.1 Å². The smallest absolute Gasteiger partial charge is 0.332 e. The predicted octanol–water partition coefficient (Wildman–Crippen LogP) is 2.50. The van der Waals surface area contributed by atoms with Gasteiger partial charge in [-0.3, -0.25) is 19.0 Å². The minimum atomic E-state index is -0.661. The number of carbonyl (C=O) groups is 1. The van der Waals surface area contributed by atoms with Crippen LogP contribution in [0.25, 0.3) is 0 Å². The highest BCUT2D eigenvalue weighted by atomic mass is 19.1. The van der Waals surface area contributed by atoms with Crippen LogP contribution in [-0.4, -0.2) is 38.2 Å². The van der Waals surface area contributed by atoms with E-state index in [0.717, 1.165) is 32.1 Å². The van der Waals surface area contributed by atoms with Gasteiger partial charge in [0.15, 0.2) is 0 Å². The number of rotatable bonds is 3. The Morgan fingerprint density at radius 3 is 2.45 bits per heavy atom. The normalized spacial score (nSPS) is 23.6. The molecule has 1 aromatic carbocycles. The van der Waals surface area contributed by atoms with E-state index < -0.39 is 11.1 Å². The molecule has 2 aliphatic heterocycles. The Morgan fingerprint density at radius 1 is 1.06 bits per heavy atom. The van der Waals surface area contributed by atoms with Gasteiger partial charge in [-0.05, 0) is 55.2 Å². The van der Waals surface area contributed by atoms with Crippen LogP contribution < -0.4 is 11.1 Å². The molecule has 1 fully saturated rings. The summed E-state index contributed by atoms with van der Waals surface area (Å²) in [6.45, 7) is 4.00. The summed E-state index contributed by atoms with van der Waals surface area (Å²) in [5.41, 5.74) is -0.976. The number of likely N-dealkylation sites (tertiary alicyclic amines) is 1. The topological polar surface area (TPSA) is 77.2 Å². The molecule has 1 spiro atoms. The molecule has 3 heterocycles. The fourth-order valence-corrected chi connectivity index (χ4v) is 5.53. The number of benzene rings is 1. The Bertz CT molecular complexity index is 1220. The minimum absolute atomic E-state index is 0.129. The van der Waals surface area contributed by atoms with Crippen molar-refractivity contribution < 1.29 is 9.18 Å². The third-order valence-electron chi connectivity index (χ3n) is 7.71. The number of fused-ring (bicyclic) bond motifs is 1. The molecule has 1 saturated heterocycles. The number of hydrogen-bond donors (Lipinski definition) is 0. The average Bonchev–Trinajstić information content (AvgIpc) is 3.17. The summed E-state index contributed by atoms with van der Waals surface area (Å²) in [5, 5.41) is 4.50. The lowest BCUT2D eigenvalue weighted by atomic mass is 9.74. The van der Waals surface area contributed by atoms with Crippen molar-refractivity contribution in [1.82, 2.24) is 19.2 Å². The zero-order valence-electron chi connectivity index (χ0n) is 18.9. The molecule has 5 rings (SSSR count). The van der Waals surface area contributed by atoms with Gasteiger partial charge < -0.3 is 4.90 Å². The van der Waals surface area contributed by atoms with E-state index in [1.807, 2.05) is 4.90 Å². The van der Waals surface area contributed by atoms with E-state index in [9.17, 15) is 18.8 Å². The largest absolute Gasteiger partial charge is 0.342 e. The van der Waals surface area contributed by atoms with Gasteiger partial charge in [-0.15, -0.1) is 0 Å². The van der Waals surface area contributed by atoms with Crippen LogP contribution in [0.5, 0.6) is 0 Å². The molecule has 0 radical (unpaired) electrons. The molecule has 3 aliphatic rings. The molecule has 0 saturated carbocycles. The summed E-state index contributed by atoms with van der Waals surface area (Å²) in [4.78, 5) is 40.7. The summed E-state index contributed by atoms with van der Waals surface area (Å²) in [6, 6.07) is 5.83. The number of halogens is 1. The lowest BCUT2D eigenvalue weighted by Crippen LogP contribution is -2.49. The van der Waals surface area contributed by atoms with Crippen molar-refractivity contribution in [3.05, 3.63) is 74.3 Å². The van der Waals surface area contributed by atoms with Crippen LogP contribution in [0.4, 0.5) is 4.39 Å². The van der Waals surface area contributed by atoms with Gasteiger partial charge in [0.2, 0.25) is 5.91 Å². The van der Waals surface area contributed by atoms with Crippen LogP contribution >= 0.6 is 0 Å². The number of hydrogen-bond acceptors (Lipinski definition) is 4. The molecule has 8 heteroatoms. The Morgan fingerprint density at radius 2 is 1.79 bits per heavy atom. The Kier molecular flexibility index (Phi) is 5.34. The first-order chi connectivity index (χ1) is 15.8. The van der Waals surface area contributed by atoms with Crippen LogP contribution in [0.2, 0.25) is 0 Å². The Hall–Kier alpha value is -3.03. The number of allylic oxidation sites excluding steroid dienone is 2. The van der Waals surface area contributed by atoms with Crippen molar-refractivity contribution in [2.24, 2.45) is 10.8 Å². The summed E-state index contributed by atoms with van der Waals surface area (Å²) in [6.07, 6.45) is 9.08. The van der Waals surface area contributed by atoms with Gasteiger partial charge in [-0.1, -0.05) is 31.2 Å². The fourth-order valence-electron chi connectivity index (χ4n) is 5.53. The average molecular weight is 453 g/mol. The summed E-state index contributed by atoms with van der Waals surface area (Å²) in [5.74, 6) is 0.492. The first-order valence-electron chi connectivity index (χ1n) is 11.7. The van der Waals surface area contributed by atoms with Crippen molar-refractivity contribution >= 4 is 5.91 Å². The zero-order valence-corrected chi connectivity index (χ0v) is 18.9. The van der Waals surface area contributed by atoms with Crippen molar-refractivity contribution in [2.75, 3.05) is 13.1 Å². The van der Waals surface area contributed by atoms with E-state index in [2.05, 4.69) is 24.2 Å². The lowest BCUT2D eigenvalue weighted by Gasteiger charge is -2.42. The van der Waals surface area contributed by atoms with E-state index in [4.69, 9.17) is 0 Å². The van der Waals surface area contributed by atoms with Crippen molar-refractivity contribution in [2.45, 2.75) is 58.5 Å². The van der Waals surface area contributed by atoms with Crippen molar-refractivity contribution in [3.63, 3.8) is 0 Å². The number of amides is 1. The van der Waals surface area contributed by atoms with Gasteiger partial charge in [0.25, 0.3) is 0 Å². The van der Waals surface area contributed by atoms with E-state index >= 15 is 0 Å². The number of nitrogens with zero attached hydrogens (tertiary/aromatic N) is 4. The highest BCUT2D eigenvalue weighted by Gasteiger charge is 2.45. The first kappa shape index (κ1) is 21.8. The van der Waals surface area contributed by atoms with E-state index in [0.29, 0.717) is 37.4 Å². The monoisotopic (exact) mass is 452 g/mol. The first-order valence-corrected chi connectivity index (χ1v) is 11.7. The molecule has 0 bridgehead atoms. The molecule has 0 N–H and O–H groups in total. The highest BCUT2D eigenvalue weighted by molar-refractivity contribution is 5.82. The van der Waals surface area contributed by atoms with E-state index in [1.165, 1.54) is 21.4 Å². The number of piperidine rings is 1. The molecule has 2 aromatic rings. The Balaban J connectivity index is 1.31. The van der Waals surface area contributed by atoms with Gasteiger partial charge in [-0.25, -0.2) is 9.07 Å². The maximum atomic E-state index is 13.2. The van der Waals surface area contributed by atoms with Gasteiger partial charge in [0.1, 0.15) is 11.6 Å². The van der Waals surface area contributed by atoms with E-state index in [1.54, 1.807) is 12.1 Å². The quantitative estimate of drug-likeness (QED) is 0.530.